The fourth-order valence-corrected chi connectivity index (χ4v) is 3.07. The van der Waals surface area contributed by atoms with Crippen LogP contribution < -0.4 is 4.31 Å². The summed E-state index contributed by atoms with van der Waals surface area (Å²) in [6, 6.07) is 12.9. The van der Waals surface area contributed by atoms with E-state index in [9.17, 15) is 8.42 Å². The van der Waals surface area contributed by atoms with Crippen molar-refractivity contribution < 1.29 is 8.42 Å². The van der Waals surface area contributed by atoms with Crippen LogP contribution in [0, 0.1) is 0 Å². The lowest BCUT2D eigenvalue weighted by Gasteiger charge is -2.19. The van der Waals surface area contributed by atoms with E-state index in [2.05, 4.69) is 0 Å². The van der Waals surface area contributed by atoms with Gasteiger partial charge >= 0.3 is 0 Å². The van der Waals surface area contributed by atoms with Gasteiger partial charge in [-0.15, -0.1) is 0 Å². The SMILES string of the molecule is CN(c1ccc(Cl)c(Cl)c1)S(=O)(=O)c1ccccc1. The van der Waals surface area contributed by atoms with Crippen molar-refractivity contribution in [3.8, 4) is 0 Å². The second-order valence-corrected chi connectivity index (χ2v) is 6.67. The Morgan fingerprint density at radius 2 is 1.58 bits per heavy atom. The minimum atomic E-state index is -3.59. The van der Waals surface area contributed by atoms with Crippen LogP contribution in [0.5, 0.6) is 0 Å². The van der Waals surface area contributed by atoms with E-state index >= 15 is 0 Å². The van der Waals surface area contributed by atoms with Crippen molar-refractivity contribution in [2.75, 3.05) is 11.4 Å². The van der Waals surface area contributed by atoms with Gasteiger partial charge in [0.1, 0.15) is 0 Å². The normalized spacial score (nSPS) is 11.3. The lowest BCUT2D eigenvalue weighted by Crippen LogP contribution is -2.26. The van der Waals surface area contributed by atoms with E-state index in [1.54, 1.807) is 42.5 Å². The topological polar surface area (TPSA) is 37.4 Å². The van der Waals surface area contributed by atoms with Crippen LogP contribution in [0.2, 0.25) is 10.0 Å². The number of rotatable bonds is 3. The molecule has 2 aromatic rings. The van der Waals surface area contributed by atoms with Gasteiger partial charge in [-0.2, -0.15) is 0 Å². The maximum Gasteiger partial charge on any atom is 0.264 e. The maximum absolute atomic E-state index is 12.4. The number of sulfonamides is 1. The van der Waals surface area contributed by atoms with Gasteiger partial charge in [-0.25, -0.2) is 8.42 Å². The highest BCUT2D eigenvalue weighted by Gasteiger charge is 2.21. The molecule has 0 heterocycles. The Labute approximate surface area is 122 Å². The number of benzene rings is 2. The van der Waals surface area contributed by atoms with Gasteiger partial charge in [0.2, 0.25) is 0 Å². The lowest BCUT2D eigenvalue weighted by molar-refractivity contribution is 0.594. The second kappa shape index (κ2) is 5.41. The summed E-state index contributed by atoms with van der Waals surface area (Å²) >= 11 is 11.7. The zero-order chi connectivity index (χ0) is 14.0. The van der Waals surface area contributed by atoms with Crippen molar-refractivity contribution in [3.63, 3.8) is 0 Å². The largest absolute Gasteiger partial charge is 0.269 e. The first-order valence-corrected chi connectivity index (χ1v) is 7.61. The van der Waals surface area contributed by atoms with E-state index in [1.165, 1.54) is 17.4 Å². The Bertz CT molecular complexity index is 687. The molecule has 0 fully saturated rings. The number of hydrogen-bond donors (Lipinski definition) is 0. The minimum absolute atomic E-state index is 0.226. The van der Waals surface area contributed by atoms with E-state index in [0.29, 0.717) is 15.7 Å². The third-order valence-corrected chi connectivity index (χ3v) is 5.21. The summed E-state index contributed by atoms with van der Waals surface area (Å²) in [5.74, 6) is 0. The van der Waals surface area contributed by atoms with Crippen LogP contribution >= 0.6 is 23.2 Å². The molecule has 100 valence electrons. The molecule has 0 aliphatic heterocycles. The molecule has 0 atom stereocenters. The first-order chi connectivity index (χ1) is 8.93. The summed E-state index contributed by atoms with van der Waals surface area (Å²) in [5, 5.41) is 0.699. The molecule has 3 nitrogen and oxygen atoms in total. The van der Waals surface area contributed by atoms with Gasteiger partial charge in [-0.3, -0.25) is 4.31 Å². The molecule has 0 radical (unpaired) electrons. The average Bonchev–Trinajstić information content (AvgIpc) is 2.42. The molecule has 0 aliphatic carbocycles. The lowest BCUT2D eigenvalue weighted by atomic mass is 10.3. The Hall–Kier alpha value is -1.23. The molecule has 6 heteroatoms. The minimum Gasteiger partial charge on any atom is -0.269 e. The fraction of sp³-hybridized carbons (Fsp3) is 0.0769. The molecule has 0 spiro atoms. The number of nitrogens with zero attached hydrogens (tertiary/aromatic N) is 1. The standard InChI is InChI=1S/C13H11Cl2NO2S/c1-16(10-7-8-12(14)13(15)9-10)19(17,18)11-5-3-2-4-6-11/h2-9H,1H3. The molecule has 2 aromatic carbocycles. The van der Waals surface area contributed by atoms with Gasteiger partial charge in [0.15, 0.2) is 0 Å². The summed E-state index contributed by atoms with van der Waals surface area (Å²) in [6.07, 6.45) is 0. The summed E-state index contributed by atoms with van der Waals surface area (Å²) in [7, 11) is -2.12. The van der Waals surface area contributed by atoms with Crippen LogP contribution in [0.3, 0.4) is 0 Å². The van der Waals surface area contributed by atoms with E-state index in [-0.39, 0.29) is 4.90 Å². The van der Waals surface area contributed by atoms with Gasteiger partial charge in [0.25, 0.3) is 10.0 Å². The van der Waals surface area contributed by atoms with E-state index in [0.717, 1.165) is 0 Å². The molecule has 0 aliphatic rings. The highest BCUT2D eigenvalue weighted by molar-refractivity contribution is 7.92. The molecular weight excluding hydrogens is 305 g/mol. The van der Waals surface area contributed by atoms with Crippen molar-refractivity contribution in [1.29, 1.82) is 0 Å². The van der Waals surface area contributed by atoms with Crippen LogP contribution in [0.15, 0.2) is 53.4 Å². The van der Waals surface area contributed by atoms with Gasteiger partial charge in [-0.05, 0) is 30.3 Å². The van der Waals surface area contributed by atoms with E-state index in [1.807, 2.05) is 0 Å². The molecule has 0 bridgehead atoms. The molecule has 2 rings (SSSR count). The van der Waals surface area contributed by atoms with Crippen LogP contribution in [0.4, 0.5) is 5.69 Å². The summed E-state index contributed by atoms with van der Waals surface area (Å²) in [5.41, 5.74) is 0.457. The van der Waals surface area contributed by atoms with Crippen LogP contribution in [0.25, 0.3) is 0 Å². The maximum atomic E-state index is 12.4. The van der Waals surface area contributed by atoms with E-state index < -0.39 is 10.0 Å². The van der Waals surface area contributed by atoms with Crippen molar-refractivity contribution >= 4 is 38.9 Å². The molecule has 0 amide bonds. The van der Waals surface area contributed by atoms with Crippen molar-refractivity contribution in [3.05, 3.63) is 58.6 Å². The predicted octanol–water partition coefficient (Wildman–Crippen LogP) is 3.82. The van der Waals surface area contributed by atoms with Gasteiger partial charge in [0, 0.05) is 7.05 Å². The number of anilines is 1. The Balaban J connectivity index is 2.44. The highest BCUT2D eigenvalue weighted by atomic mass is 35.5. The predicted molar refractivity (Wildman–Crippen MR) is 78.5 cm³/mol. The van der Waals surface area contributed by atoms with Crippen molar-refractivity contribution in [1.82, 2.24) is 0 Å². The first kappa shape index (κ1) is 14.2. The molecule has 0 N–H and O–H groups in total. The Kier molecular flexibility index (Phi) is 4.04. The zero-order valence-corrected chi connectivity index (χ0v) is 12.4. The van der Waals surface area contributed by atoms with Gasteiger partial charge in [0.05, 0.1) is 20.6 Å². The van der Waals surface area contributed by atoms with Crippen molar-refractivity contribution in [2.45, 2.75) is 4.90 Å². The van der Waals surface area contributed by atoms with Crippen molar-refractivity contribution in [2.24, 2.45) is 0 Å². The number of halogens is 2. The second-order valence-electron chi connectivity index (χ2n) is 3.88. The summed E-state index contributed by atoms with van der Waals surface area (Å²) < 4.78 is 25.9. The summed E-state index contributed by atoms with van der Waals surface area (Å²) in [4.78, 5) is 0.226. The number of hydrogen-bond acceptors (Lipinski definition) is 2. The monoisotopic (exact) mass is 315 g/mol. The molecule has 19 heavy (non-hydrogen) atoms. The molecule has 0 saturated heterocycles. The molecule has 0 unspecified atom stereocenters. The van der Waals surface area contributed by atoms with Gasteiger partial charge in [-0.1, -0.05) is 41.4 Å². The Morgan fingerprint density at radius 1 is 0.947 bits per heavy atom. The quantitative estimate of drug-likeness (QED) is 0.863. The zero-order valence-electron chi connectivity index (χ0n) is 10.0. The van der Waals surface area contributed by atoms with Crippen LogP contribution in [-0.2, 0) is 10.0 Å². The third-order valence-electron chi connectivity index (χ3n) is 2.67. The summed E-state index contributed by atoms with van der Waals surface area (Å²) in [6.45, 7) is 0. The average molecular weight is 316 g/mol. The molecule has 0 saturated carbocycles. The van der Waals surface area contributed by atoms with Crippen LogP contribution in [-0.4, -0.2) is 15.5 Å². The van der Waals surface area contributed by atoms with Gasteiger partial charge < -0.3 is 0 Å². The first-order valence-electron chi connectivity index (χ1n) is 5.42. The highest BCUT2D eigenvalue weighted by Crippen LogP contribution is 2.29. The Morgan fingerprint density at radius 3 is 2.16 bits per heavy atom. The third kappa shape index (κ3) is 2.86. The fourth-order valence-electron chi connectivity index (χ4n) is 1.57. The molecular formula is C13H11Cl2NO2S. The molecule has 0 aromatic heterocycles. The smallest absolute Gasteiger partial charge is 0.264 e. The van der Waals surface area contributed by atoms with Crippen LogP contribution in [0.1, 0.15) is 0 Å². The van der Waals surface area contributed by atoms with E-state index in [4.69, 9.17) is 23.2 Å².